The van der Waals surface area contributed by atoms with Gasteiger partial charge in [0.05, 0.1) is 5.54 Å². The van der Waals surface area contributed by atoms with Gasteiger partial charge in [0.2, 0.25) is 11.5 Å². The summed E-state index contributed by atoms with van der Waals surface area (Å²) >= 11 is 0. The lowest BCUT2D eigenvalue weighted by Crippen LogP contribution is -2.50. The van der Waals surface area contributed by atoms with Gasteiger partial charge in [-0.15, -0.1) is 0 Å². The highest BCUT2D eigenvalue weighted by atomic mass is 16.7. The number of ether oxygens (including phenoxy) is 2. The first kappa shape index (κ1) is 16.5. The second-order valence-corrected chi connectivity index (χ2v) is 7.40. The van der Waals surface area contributed by atoms with Crippen molar-refractivity contribution >= 4 is 5.90 Å². The molecule has 126 valence electrons. The van der Waals surface area contributed by atoms with Gasteiger partial charge < -0.3 is 14.6 Å². The van der Waals surface area contributed by atoms with Crippen molar-refractivity contribution in [1.29, 1.82) is 0 Å². The van der Waals surface area contributed by atoms with Gasteiger partial charge in [-0.2, -0.15) is 0 Å². The van der Waals surface area contributed by atoms with Crippen LogP contribution in [0.25, 0.3) is 0 Å². The Bertz CT molecular complexity index is 616. The Morgan fingerprint density at radius 1 is 1.22 bits per heavy atom. The third kappa shape index (κ3) is 2.48. The van der Waals surface area contributed by atoms with Gasteiger partial charge in [-0.05, 0) is 39.2 Å². The fraction of sp³-hybridized carbons (Fsp3) is 0.632. The van der Waals surface area contributed by atoms with Crippen LogP contribution in [0.1, 0.15) is 57.8 Å². The van der Waals surface area contributed by atoms with Gasteiger partial charge in [-0.3, -0.25) is 0 Å². The third-order valence-electron chi connectivity index (χ3n) is 5.14. The zero-order valence-electron chi connectivity index (χ0n) is 14.7. The highest BCUT2D eigenvalue weighted by Gasteiger charge is 2.73. The molecule has 3 rings (SSSR count). The summed E-state index contributed by atoms with van der Waals surface area (Å²) in [6.45, 7) is 10.6. The van der Waals surface area contributed by atoms with E-state index in [1.54, 1.807) is 0 Å². The minimum absolute atomic E-state index is 0.208. The van der Waals surface area contributed by atoms with E-state index < -0.39 is 11.2 Å². The van der Waals surface area contributed by atoms with Crippen LogP contribution in [0, 0.1) is 6.92 Å². The van der Waals surface area contributed by atoms with Crippen LogP contribution in [0.15, 0.2) is 29.3 Å². The van der Waals surface area contributed by atoms with E-state index in [1.807, 2.05) is 27.7 Å². The number of rotatable bonds is 5. The lowest BCUT2D eigenvalue weighted by molar-refractivity contribution is -0.0243. The molecule has 2 heterocycles. The molecular weight excluding hydrogens is 290 g/mol. The minimum Gasteiger partial charge on any atom is -0.476 e. The molecule has 2 atom stereocenters. The molecule has 0 bridgehead atoms. The monoisotopic (exact) mass is 317 g/mol. The summed E-state index contributed by atoms with van der Waals surface area (Å²) < 4.78 is 12.0. The Balaban J connectivity index is 2.03. The molecule has 0 amide bonds. The topological polar surface area (TPSA) is 54.4 Å². The number of benzene rings is 1. The van der Waals surface area contributed by atoms with Crippen molar-refractivity contribution in [1.82, 2.24) is 0 Å². The summed E-state index contributed by atoms with van der Waals surface area (Å²) in [6, 6.07) is 8.27. The molecule has 1 saturated heterocycles. The highest BCUT2D eigenvalue weighted by Crippen LogP contribution is 2.59. The predicted molar refractivity (Wildman–Crippen MR) is 90.7 cm³/mol. The number of aliphatic imine (C=N–C) groups is 1. The van der Waals surface area contributed by atoms with Gasteiger partial charge in [0, 0.05) is 0 Å². The number of aliphatic hydroxyl groups is 1. The summed E-state index contributed by atoms with van der Waals surface area (Å²) in [5.41, 5.74) is 0.152. The lowest BCUT2D eigenvalue weighted by Gasteiger charge is -2.32. The zero-order valence-corrected chi connectivity index (χ0v) is 14.7. The molecule has 1 aromatic carbocycles. The molecule has 1 N–H and O–H groups in total. The van der Waals surface area contributed by atoms with Crippen molar-refractivity contribution in [3.8, 4) is 0 Å². The minimum atomic E-state index is -0.984. The Morgan fingerprint density at radius 3 is 2.30 bits per heavy atom. The molecule has 2 aliphatic rings. The lowest BCUT2D eigenvalue weighted by atomic mass is 9.78. The van der Waals surface area contributed by atoms with Gasteiger partial charge in [0.1, 0.15) is 18.3 Å². The van der Waals surface area contributed by atoms with Crippen LogP contribution in [-0.2, 0) is 9.47 Å². The fourth-order valence-electron chi connectivity index (χ4n) is 3.46. The first-order chi connectivity index (χ1) is 10.8. The van der Waals surface area contributed by atoms with Crippen molar-refractivity contribution in [3.05, 3.63) is 35.4 Å². The summed E-state index contributed by atoms with van der Waals surface area (Å²) in [5, 5.41) is 11.3. The van der Waals surface area contributed by atoms with Crippen molar-refractivity contribution in [2.24, 2.45) is 4.99 Å². The molecule has 4 heteroatoms. The maximum absolute atomic E-state index is 11.3. The Hall–Kier alpha value is -1.39. The molecule has 1 fully saturated rings. The van der Waals surface area contributed by atoms with Crippen molar-refractivity contribution in [2.75, 3.05) is 6.61 Å². The summed E-state index contributed by atoms with van der Waals surface area (Å²) in [5.74, 6) is 0.555. The maximum atomic E-state index is 11.3. The summed E-state index contributed by atoms with van der Waals surface area (Å²) in [7, 11) is 0. The number of hydrogen-bond donors (Lipinski definition) is 1. The molecule has 1 aromatic rings. The third-order valence-corrected chi connectivity index (χ3v) is 5.14. The first-order valence-corrected chi connectivity index (χ1v) is 8.48. The normalized spacial score (nSPS) is 29.1. The highest BCUT2D eigenvalue weighted by molar-refractivity contribution is 5.92. The van der Waals surface area contributed by atoms with Crippen molar-refractivity contribution in [3.63, 3.8) is 0 Å². The molecule has 0 aromatic heterocycles. The largest absolute Gasteiger partial charge is 0.476 e. The quantitative estimate of drug-likeness (QED) is 0.845. The number of aryl methyl sites for hydroxylation is 1. The van der Waals surface area contributed by atoms with E-state index in [-0.39, 0.29) is 11.6 Å². The van der Waals surface area contributed by atoms with E-state index in [9.17, 15) is 5.11 Å². The number of nitrogens with zero attached hydrogens (tertiary/aromatic N) is 1. The van der Waals surface area contributed by atoms with E-state index in [0.29, 0.717) is 25.3 Å². The molecule has 2 aliphatic heterocycles. The molecule has 23 heavy (non-hydrogen) atoms. The maximum Gasteiger partial charge on any atom is 0.223 e. The average Bonchev–Trinajstić information content (AvgIpc) is 3.19. The van der Waals surface area contributed by atoms with E-state index in [2.05, 4.69) is 31.2 Å². The molecule has 0 aliphatic carbocycles. The standard InChI is InChI=1S/C19H27NO3/c1-6-18(21,7-2)19(16-20-17(4,5)12-22-16)15(23-19)14-10-8-13(3)9-11-14/h8-11,15,21H,6-7,12H2,1-5H3/t15-,19+/m1/s1. The van der Waals surface area contributed by atoms with Gasteiger partial charge in [0.15, 0.2) is 0 Å². The van der Waals surface area contributed by atoms with E-state index in [4.69, 9.17) is 14.5 Å². The van der Waals surface area contributed by atoms with E-state index >= 15 is 0 Å². The van der Waals surface area contributed by atoms with Crippen LogP contribution < -0.4 is 0 Å². The number of epoxide rings is 1. The van der Waals surface area contributed by atoms with E-state index in [0.717, 1.165) is 5.56 Å². The van der Waals surface area contributed by atoms with Crippen LogP contribution in [0.5, 0.6) is 0 Å². The second kappa shape index (κ2) is 5.32. The van der Waals surface area contributed by atoms with Crippen LogP contribution in [0.4, 0.5) is 0 Å². The molecule has 0 saturated carbocycles. The number of hydrogen-bond acceptors (Lipinski definition) is 4. The van der Waals surface area contributed by atoms with Gasteiger partial charge >= 0.3 is 0 Å². The molecule has 0 unspecified atom stereocenters. The smallest absolute Gasteiger partial charge is 0.223 e. The van der Waals surface area contributed by atoms with Crippen LogP contribution in [0.2, 0.25) is 0 Å². The van der Waals surface area contributed by atoms with Gasteiger partial charge in [0.25, 0.3) is 0 Å². The Kier molecular flexibility index (Phi) is 3.81. The zero-order chi connectivity index (χ0) is 16.9. The SMILES string of the molecule is CCC(O)(CC)[C@]1(C2=NC(C)(C)CO2)O[C@@H]1c1ccc(C)cc1. The average molecular weight is 317 g/mol. The molecule has 0 radical (unpaired) electrons. The molecular formula is C19H27NO3. The molecule has 4 nitrogen and oxygen atoms in total. The fourth-order valence-corrected chi connectivity index (χ4v) is 3.46. The summed E-state index contributed by atoms with van der Waals surface area (Å²) in [4.78, 5) is 4.72. The van der Waals surface area contributed by atoms with Gasteiger partial charge in [-0.25, -0.2) is 4.99 Å². The Morgan fingerprint density at radius 2 is 1.83 bits per heavy atom. The second-order valence-electron chi connectivity index (χ2n) is 7.40. The molecule has 0 spiro atoms. The Labute approximate surface area is 138 Å². The summed E-state index contributed by atoms with van der Waals surface area (Å²) in [6.07, 6.45) is 0.976. The van der Waals surface area contributed by atoms with E-state index in [1.165, 1.54) is 5.56 Å². The van der Waals surface area contributed by atoms with Crippen molar-refractivity contribution in [2.45, 2.75) is 70.3 Å². The predicted octanol–water partition coefficient (Wildman–Crippen LogP) is 3.56. The van der Waals surface area contributed by atoms with Gasteiger partial charge in [-0.1, -0.05) is 43.7 Å². The van der Waals surface area contributed by atoms with Crippen LogP contribution in [-0.4, -0.2) is 34.4 Å². The van der Waals surface area contributed by atoms with Crippen molar-refractivity contribution < 1.29 is 14.6 Å². The van der Waals surface area contributed by atoms with Crippen LogP contribution in [0.3, 0.4) is 0 Å². The first-order valence-electron chi connectivity index (χ1n) is 8.48. The van der Waals surface area contributed by atoms with Crippen LogP contribution >= 0.6 is 0 Å².